The van der Waals surface area contributed by atoms with Gasteiger partial charge in [-0.15, -0.1) is 0 Å². The molecule has 0 aromatic heterocycles. The minimum atomic E-state index is -0.992. The van der Waals surface area contributed by atoms with Crippen LogP contribution in [0, 0.1) is 13.8 Å². The number of carbonyl (C=O) groups is 1. The number of ether oxygens (including phenoxy) is 1. The molecule has 0 unspecified atom stereocenters. The number of carboxylic acid groups (broad SMARTS) is 1. The van der Waals surface area contributed by atoms with Crippen LogP contribution in [0.3, 0.4) is 0 Å². The molecular weight excluding hydrogens is 308 g/mol. The summed E-state index contributed by atoms with van der Waals surface area (Å²) in [6.45, 7) is 3.76. The van der Waals surface area contributed by atoms with Gasteiger partial charge >= 0.3 is 5.97 Å². The fourth-order valence-electron chi connectivity index (χ4n) is 1.75. The van der Waals surface area contributed by atoms with Gasteiger partial charge in [-0.1, -0.05) is 27.6 Å². The maximum Gasteiger partial charge on any atom is 0.339 e. The van der Waals surface area contributed by atoms with Gasteiger partial charge in [-0.25, -0.2) is 4.79 Å². The molecule has 19 heavy (non-hydrogen) atoms. The minimum Gasteiger partial charge on any atom is -0.478 e. The Labute approximate surface area is 120 Å². The van der Waals surface area contributed by atoms with Crippen molar-refractivity contribution in [2.75, 3.05) is 0 Å². The summed E-state index contributed by atoms with van der Waals surface area (Å²) in [6, 6.07) is 10.7. The molecule has 0 fully saturated rings. The van der Waals surface area contributed by atoms with E-state index in [-0.39, 0.29) is 5.56 Å². The quantitative estimate of drug-likeness (QED) is 0.902. The highest BCUT2D eigenvalue weighted by Crippen LogP contribution is 2.30. The molecule has 4 heteroatoms. The first-order valence-electron chi connectivity index (χ1n) is 5.75. The summed E-state index contributed by atoms with van der Waals surface area (Å²) in [5.74, 6) is 0.00606. The second-order valence-corrected chi connectivity index (χ2v) is 5.23. The van der Waals surface area contributed by atoms with Crippen molar-refractivity contribution in [1.29, 1.82) is 0 Å². The fraction of sp³-hybridized carbons (Fsp3) is 0.133. The van der Waals surface area contributed by atoms with Crippen LogP contribution in [0.15, 0.2) is 40.9 Å². The Balaban J connectivity index is 2.40. The number of aromatic carboxylic acids is 1. The van der Waals surface area contributed by atoms with Crippen LogP contribution in [0.1, 0.15) is 21.5 Å². The van der Waals surface area contributed by atoms with Crippen LogP contribution in [0.5, 0.6) is 11.5 Å². The van der Waals surface area contributed by atoms with E-state index in [0.717, 1.165) is 15.6 Å². The van der Waals surface area contributed by atoms with Crippen LogP contribution in [0.4, 0.5) is 0 Å². The Kier molecular flexibility index (Phi) is 3.90. The highest BCUT2D eigenvalue weighted by atomic mass is 79.9. The van der Waals surface area contributed by atoms with E-state index >= 15 is 0 Å². The first-order valence-corrected chi connectivity index (χ1v) is 6.54. The molecule has 3 nitrogen and oxygen atoms in total. The van der Waals surface area contributed by atoms with E-state index in [1.54, 1.807) is 12.1 Å². The Bertz CT molecular complexity index is 635. The maximum atomic E-state index is 11.2. The molecule has 2 rings (SSSR count). The number of halogens is 1. The number of rotatable bonds is 3. The maximum absolute atomic E-state index is 11.2. The van der Waals surface area contributed by atoms with E-state index in [1.165, 1.54) is 0 Å². The van der Waals surface area contributed by atoms with Gasteiger partial charge in [0, 0.05) is 4.47 Å². The van der Waals surface area contributed by atoms with Crippen LogP contribution >= 0.6 is 15.9 Å². The summed E-state index contributed by atoms with van der Waals surface area (Å²) >= 11 is 3.38. The van der Waals surface area contributed by atoms with Crippen molar-refractivity contribution in [1.82, 2.24) is 0 Å². The summed E-state index contributed by atoms with van der Waals surface area (Å²) < 4.78 is 6.67. The SMILES string of the molecule is Cc1ccc(Oc2ccc(Br)cc2C)c(C(=O)O)c1. The molecule has 0 aliphatic carbocycles. The number of carboxylic acids is 1. The molecule has 2 aromatic carbocycles. The zero-order chi connectivity index (χ0) is 14.0. The topological polar surface area (TPSA) is 46.5 Å². The minimum absolute atomic E-state index is 0.169. The molecule has 0 radical (unpaired) electrons. The van der Waals surface area contributed by atoms with Crippen molar-refractivity contribution in [2.45, 2.75) is 13.8 Å². The average molecular weight is 321 g/mol. The third kappa shape index (κ3) is 3.15. The summed E-state index contributed by atoms with van der Waals surface area (Å²) in [5, 5.41) is 9.19. The molecule has 0 amide bonds. The standard InChI is InChI=1S/C15H13BrO3/c1-9-3-5-14(12(7-9)15(17)18)19-13-6-4-11(16)8-10(13)2/h3-8H,1-2H3,(H,17,18). The van der Waals surface area contributed by atoms with E-state index in [9.17, 15) is 9.90 Å². The highest BCUT2D eigenvalue weighted by molar-refractivity contribution is 9.10. The molecule has 1 N–H and O–H groups in total. The van der Waals surface area contributed by atoms with Gasteiger partial charge in [0.15, 0.2) is 0 Å². The van der Waals surface area contributed by atoms with Gasteiger partial charge in [-0.3, -0.25) is 0 Å². The molecule has 0 bridgehead atoms. The number of hydrogen-bond donors (Lipinski definition) is 1. The third-order valence-corrected chi connectivity index (χ3v) is 3.22. The second kappa shape index (κ2) is 5.45. The molecule has 0 heterocycles. The average Bonchev–Trinajstić information content (AvgIpc) is 2.34. The van der Waals surface area contributed by atoms with Crippen LogP contribution in [0.25, 0.3) is 0 Å². The molecule has 0 aliphatic heterocycles. The summed E-state index contributed by atoms with van der Waals surface area (Å²) in [5.41, 5.74) is 1.99. The van der Waals surface area contributed by atoms with Crippen molar-refractivity contribution in [3.63, 3.8) is 0 Å². The number of aryl methyl sites for hydroxylation is 2. The van der Waals surface area contributed by atoms with Crippen molar-refractivity contribution < 1.29 is 14.6 Å². The monoisotopic (exact) mass is 320 g/mol. The zero-order valence-electron chi connectivity index (χ0n) is 10.6. The van der Waals surface area contributed by atoms with Crippen LogP contribution in [-0.4, -0.2) is 11.1 Å². The van der Waals surface area contributed by atoms with E-state index in [2.05, 4.69) is 15.9 Å². The molecule has 98 valence electrons. The van der Waals surface area contributed by atoms with Crippen molar-refractivity contribution in [3.8, 4) is 11.5 Å². The molecule has 0 saturated carbocycles. The fourth-order valence-corrected chi connectivity index (χ4v) is 2.22. The largest absolute Gasteiger partial charge is 0.478 e. The number of benzene rings is 2. The summed E-state index contributed by atoms with van der Waals surface area (Å²) in [4.78, 5) is 11.2. The highest BCUT2D eigenvalue weighted by Gasteiger charge is 2.13. The van der Waals surface area contributed by atoms with Crippen LogP contribution in [-0.2, 0) is 0 Å². The molecular formula is C15H13BrO3. The van der Waals surface area contributed by atoms with Gasteiger partial charge in [-0.2, -0.15) is 0 Å². The molecule has 2 aromatic rings. The molecule has 0 spiro atoms. The predicted molar refractivity (Wildman–Crippen MR) is 77.1 cm³/mol. The van der Waals surface area contributed by atoms with Gasteiger partial charge in [0.2, 0.25) is 0 Å². The van der Waals surface area contributed by atoms with Crippen molar-refractivity contribution in [2.24, 2.45) is 0 Å². The molecule has 0 atom stereocenters. The van der Waals surface area contributed by atoms with E-state index < -0.39 is 5.97 Å². The lowest BCUT2D eigenvalue weighted by atomic mass is 10.1. The lowest BCUT2D eigenvalue weighted by molar-refractivity contribution is 0.0694. The third-order valence-electron chi connectivity index (χ3n) is 2.72. The van der Waals surface area contributed by atoms with Gasteiger partial charge in [0.05, 0.1) is 0 Å². The van der Waals surface area contributed by atoms with Gasteiger partial charge in [-0.05, 0) is 49.7 Å². The second-order valence-electron chi connectivity index (χ2n) is 4.32. The Hall–Kier alpha value is -1.81. The first-order chi connectivity index (χ1) is 8.97. The Morgan fingerprint density at radius 2 is 1.79 bits per heavy atom. The Morgan fingerprint density at radius 3 is 2.42 bits per heavy atom. The van der Waals surface area contributed by atoms with Gasteiger partial charge in [0.25, 0.3) is 0 Å². The van der Waals surface area contributed by atoms with Crippen LogP contribution in [0.2, 0.25) is 0 Å². The summed E-state index contributed by atoms with van der Waals surface area (Å²) in [7, 11) is 0. The van der Waals surface area contributed by atoms with Crippen molar-refractivity contribution in [3.05, 3.63) is 57.6 Å². The van der Waals surface area contributed by atoms with E-state index in [4.69, 9.17) is 4.74 Å². The molecule has 0 saturated heterocycles. The van der Waals surface area contributed by atoms with Gasteiger partial charge < -0.3 is 9.84 Å². The lowest BCUT2D eigenvalue weighted by Crippen LogP contribution is -2.01. The first kappa shape index (κ1) is 13.6. The smallest absolute Gasteiger partial charge is 0.339 e. The van der Waals surface area contributed by atoms with E-state index in [0.29, 0.717) is 11.5 Å². The van der Waals surface area contributed by atoms with Crippen molar-refractivity contribution >= 4 is 21.9 Å². The lowest BCUT2D eigenvalue weighted by Gasteiger charge is -2.11. The van der Waals surface area contributed by atoms with Crippen LogP contribution < -0.4 is 4.74 Å². The Morgan fingerprint density at radius 1 is 1.11 bits per heavy atom. The van der Waals surface area contributed by atoms with E-state index in [1.807, 2.05) is 38.1 Å². The summed E-state index contributed by atoms with van der Waals surface area (Å²) in [6.07, 6.45) is 0. The zero-order valence-corrected chi connectivity index (χ0v) is 12.2. The van der Waals surface area contributed by atoms with Gasteiger partial charge in [0.1, 0.15) is 17.1 Å². The number of hydrogen-bond acceptors (Lipinski definition) is 2. The molecule has 0 aliphatic rings. The normalized spacial score (nSPS) is 10.3. The predicted octanol–water partition coefficient (Wildman–Crippen LogP) is 4.56.